The maximum absolute atomic E-state index is 8.94. The Morgan fingerprint density at radius 2 is 2.11 bits per heavy atom. The van der Waals surface area contributed by atoms with Crippen LogP contribution in [0.25, 0.3) is 0 Å². The summed E-state index contributed by atoms with van der Waals surface area (Å²) in [6.07, 6.45) is -0.295. The Morgan fingerprint density at radius 3 is 2.44 bits per heavy atom. The lowest BCUT2D eigenvalue weighted by Gasteiger charge is -2.15. The Kier molecular flexibility index (Phi) is 4.67. The van der Waals surface area contributed by atoms with Crippen molar-refractivity contribution < 1.29 is 5.11 Å². The van der Waals surface area contributed by atoms with E-state index in [0.717, 1.165) is 6.54 Å². The van der Waals surface area contributed by atoms with Crippen molar-refractivity contribution >= 4 is 0 Å². The molecule has 0 aliphatic rings. The number of aliphatic hydroxyl groups is 1. The summed E-state index contributed by atoms with van der Waals surface area (Å²) < 4.78 is 0. The Morgan fingerprint density at radius 1 is 1.56 bits per heavy atom. The first-order chi connectivity index (χ1) is 4.18. The van der Waals surface area contributed by atoms with Crippen molar-refractivity contribution in [2.24, 2.45) is 5.73 Å². The minimum atomic E-state index is -0.295. The molecule has 0 amide bonds. The van der Waals surface area contributed by atoms with Gasteiger partial charge in [-0.25, -0.2) is 0 Å². The summed E-state index contributed by atoms with van der Waals surface area (Å²) in [6, 6.07) is 0.147. The molecule has 0 saturated carbocycles. The first-order valence-corrected chi connectivity index (χ1v) is 3.30. The number of nitrogens with two attached hydrogens (primary N) is 1. The quantitative estimate of drug-likeness (QED) is 0.474. The van der Waals surface area contributed by atoms with Gasteiger partial charge in [0.1, 0.15) is 0 Å². The molecule has 3 heteroatoms. The van der Waals surface area contributed by atoms with Crippen LogP contribution < -0.4 is 11.1 Å². The highest BCUT2D eigenvalue weighted by molar-refractivity contribution is 4.65. The molecule has 0 heterocycles. The summed E-state index contributed by atoms with van der Waals surface area (Å²) in [5, 5.41) is 12.0. The van der Waals surface area contributed by atoms with Gasteiger partial charge in [0.15, 0.2) is 0 Å². The zero-order valence-corrected chi connectivity index (χ0v) is 6.09. The molecule has 0 saturated heterocycles. The van der Waals surface area contributed by atoms with Gasteiger partial charge in [-0.05, 0) is 13.8 Å². The van der Waals surface area contributed by atoms with Crippen LogP contribution in [0.2, 0.25) is 0 Å². The van der Waals surface area contributed by atoms with Gasteiger partial charge in [-0.3, -0.25) is 0 Å². The topological polar surface area (TPSA) is 58.3 Å². The van der Waals surface area contributed by atoms with Crippen LogP contribution in [-0.2, 0) is 0 Å². The summed E-state index contributed by atoms with van der Waals surface area (Å²) in [7, 11) is 0. The van der Waals surface area contributed by atoms with Crippen LogP contribution in [0.5, 0.6) is 0 Å². The van der Waals surface area contributed by atoms with E-state index in [1.165, 1.54) is 0 Å². The van der Waals surface area contributed by atoms with Crippen LogP contribution in [0, 0.1) is 0 Å². The standard InChI is InChI=1S/C6H16N2O/c1-5(6(2)9)8-4-3-7/h5-6,8-9H,3-4,7H2,1-2H3/t5-,6+/m0/s1. The largest absolute Gasteiger partial charge is 0.392 e. The third kappa shape index (κ3) is 4.39. The molecule has 2 atom stereocenters. The van der Waals surface area contributed by atoms with Crippen LogP contribution in [0.15, 0.2) is 0 Å². The second kappa shape index (κ2) is 4.73. The molecule has 0 aromatic rings. The van der Waals surface area contributed by atoms with Crippen molar-refractivity contribution in [2.45, 2.75) is 26.0 Å². The summed E-state index contributed by atoms with van der Waals surface area (Å²) >= 11 is 0. The molecule has 0 aromatic carbocycles. The molecule has 0 radical (unpaired) electrons. The minimum absolute atomic E-state index is 0.147. The lowest BCUT2D eigenvalue weighted by molar-refractivity contribution is 0.153. The predicted molar refractivity (Wildman–Crippen MR) is 38.2 cm³/mol. The predicted octanol–water partition coefficient (Wildman–Crippen LogP) is -0.696. The van der Waals surface area contributed by atoms with Gasteiger partial charge in [0.25, 0.3) is 0 Å². The summed E-state index contributed by atoms with van der Waals surface area (Å²) in [5.74, 6) is 0. The summed E-state index contributed by atoms with van der Waals surface area (Å²) in [4.78, 5) is 0. The molecule has 0 aromatic heterocycles. The van der Waals surface area contributed by atoms with E-state index in [0.29, 0.717) is 6.54 Å². The monoisotopic (exact) mass is 132 g/mol. The van der Waals surface area contributed by atoms with Crippen LogP contribution in [0.1, 0.15) is 13.8 Å². The van der Waals surface area contributed by atoms with Gasteiger partial charge in [-0.1, -0.05) is 0 Å². The van der Waals surface area contributed by atoms with Crippen molar-refractivity contribution in [1.82, 2.24) is 5.32 Å². The lowest BCUT2D eigenvalue weighted by atomic mass is 10.2. The Labute approximate surface area is 56.2 Å². The number of aliphatic hydroxyl groups excluding tert-OH is 1. The van der Waals surface area contributed by atoms with Crippen molar-refractivity contribution in [3.05, 3.63) is 0 Å². The third-order valence-corrected chi connectivity index (χ3v) is 1.33. The number of hydrogen-bond donors (Lipinski definition) is 3. The molecule has 0 spiro atoms. The molecule has 0 aliphatic heterocycles. The second-order valence-corrected chi connectivity index (χ2v) is 2.27. The molecule has 56 valence electrons. The van der Waals surface area contributed by atoms with E-state index in [1.807, 2.05) is 6.92 Å². The highest BCUT2D eigenvalue weighted by atomic mass is 16.3. The molecule has 3 nitrogen and oxygen atoms in total. The Balaban J connectivity index is 3.16. The van der Waals surface area contributed by atoms with Crippen LogP contribution in [0.4, 0.5) is 0 Å². The second-order valence-electron chi connectivity index (χ2n) is 2.27. The van der Waals surface area contributed by atoms with Crippen molar-refractivity contribution in [1.29, 1.82) is 0 Å². The molecule has 0 fully saturated rings. The first-order valence-electron chi connectivity index (χ1n) is 3.30. The zero-order valence-electron chi connectivity index (χ0n) is 6.09. The normalized spacial score (nSPS) is 17.3. The maximum Gasteiger partial charge on any atom is 0.0662 e. The molecular formula is C6H16N2O. The number of nitrogens with one attached hydrogen (secondary N) is 1. The molecule has 4 N–H and O–H groups in total. The van der Waals surface area contributed by atoms with Gasteiger partial charge in [-0.2, -0.15) is 0 Å². The average Bonchev–Trinajstić information content (AvgIpc) is 1.82. The minimum Gasteiger partial charge on any atom is -0.392 e. The van der Waals surface area contributed by atoms with Gasteiger partial charge in [0.05, 0.1) is 6.10 Å². The summed E-state index contributed by atoms with van der Waals surface area (Å²) in [5.41, 5.74) is 5.23. The van der Waals surface area contributed by atoms with E-state index < -0.39 is 0 Å². The molecule has 0 aliphatic carbocycles. The fourth-order valence-electron chi connectivity index (χ4n) is 0.482. The molecule has 9 heavy (non-hydrogen) atoms. The number of hydrogen-bond acceptors (Lipinski definition) is 3. The number of rotatable bonds is 4. The van der Waals surface area contributed by atoms with E-state index in [1.54, 1.807) is 6.92 Å². The van der Waals surface area contributed by atoms with E-state index in [2.05, 4.69) is 5.32 Å². The van der Waals surface area contributed by atoms with E-state index >= 15 is 0 Å². The van der Waals surface area contributed by atoms with Gasteiger partial charge >= 0.3 is 0 Å². The third-order valence-electron chi connectivity index (χ3n) is 1.33. The van der Waals surface area contributed by atoms with Crippen LogP contribution in [0.3, 0.4) is 0 Å². The Bertz CT molecular complexity index is 66.1. The van der Waals surface area contributed by atoms with Crippen molar-refractivity contribution in [3.8, 4) is 0 Å². The van der Waals surface area contributed by atoms with Gasteiger partial charge in [0.2, 0.25) is 0 Å². The lowest BCUT2D eigenvalue weighted by Crippen LogP contribution is -2.38. The fraction of sp³-hybridized carbons (Fsp3) is 1.00. The maximum atomic E-state index is 8.94. The zero-order chi connectivity index (χ0) is 7.28. The van der Waals surface area contributed by atoms with E-state index in [9.17, 15) is 0 Å². The smallest absolute Gasteiger partial charge is 0.0662 e. The average molecular weight is 132 g/mol. The van der Waals surface area contributed by atoms with Crippen molar-refractivity contribution in [3.63, 3.8) is 0 Å². The van der Waals surface area contributed by atoms with E-state index in [-0.39, 0.29) is 12.1 Å². The molecule has 0 bridgehead atoms. The molecule has 0 unspecified atom stereocenters. The van der Waals surface area contributed by atoms with Crippen LogP contribution >= 0.6 is 0 Å². The fourth-order valence-corrected chi connectivity index (χ4v) is 0.482. The van der Waals surface area contributed by atoms with Gasteiger partial charge < -0.3 is 16.2 Å². The highest BCUT2D eigenvalue weighted by Gasteiger charge is 2.04. The molecule has 0 rings (SSSR count). The first kappa shape index (κ1) is 8.88. The molecular weight excluding hydrogens is 116 g/mol. The highest BCUT2D eigenvalue weighted by Crippen LogP contribution is 1.87. The summed E-state index contributed by atoms with van der Waals surface area (Å²) in [6.45, 7) is 5.08. The SMILES string of the molecule is C[C@H](NCCN)[C@@H](C)O. The van der Waals surface area contributed by atoms with Crippen molar-refractivity contribution in [2.75, 3.05) is 13.1 Å². The van der Waals surface area contributed by atoms with Gasteiger partial charge in [-0.15, -0.1) is 0 Å². The van der Waals surface area contributed by atoms with Gasteiger partial charge in [0, 0.05) is 19.1 Å². The van der Waals surface area contributed by atoms with E-state index in [4.69, 9.17) is 10.8 Å². The van der Waals surface area contributed by atoms with Crippen LogP contribution in [-0.4, -0.2) is 30.3 Å². The Hall–Kier alpha value is -0.120.